The van der Waals surface area contributed by atoms with Crippen molar-refractivity contribution in [2.24, 2.45) is 0 Å². The van der Waals surface area contributed by atoms with Crippen LogP contribution in [0.2, 0.25) is 10.2 Å². The molecule has 19 heavy (non-hydrogen) atoms. The van der Waals surface area contributed by atoms with E-state index in [9.17, 15) is 0 Å². The van der Waals surface area contributed by atoms with Crippen LogP contribution >= 0.6 is 35.8 Å². The number of pyridine rings is 1. The van der Waals surface area contributed by atoms with E-state index in [1.807, 2.05) is 34.9 Å². The van der Waals surface area contributed by atoms with Gasteiger partial charge in [-0.1, -0.05) is 35.3 Å². The molecule has 0 amide bonds. The summed E-state index contributed by atoms with van der Waals surface area (Å²) < 4.78 is 1.98. The maximum absolute atomic E-state index is 5.88. The summed E-state index contributed by atoms with van der Waals surface area (Å²) in [4.78, 5) is 8.47. The molecule has 3 nitrogen and oxygen atoms in total. The third-order valence-corrected chi connectivity index (χ3v) is 3.62. The van der Waals surface area contributed by atoms with Gasteiger partial charge >= 0.3 is 0 Å². The molecule has 96 valence electrons. The minimum absolute atomic E-state index is 0.428. The third-order valence-electron chi connectivity index (χ3n) is 2.81. The summed E-state index contributed by atoms with van der Waals surface area (Å²) in [5, 5.41) is 1.76. The number of nitrogens with zero attached hydrogens (tertiary/aromatic N) is 3. The molecular weight excluding hydrogens is 301 g/mol. The van der Waals surface area contributed by atoms with Crippen LogP contribution in [0.25, 0.3) is 11.2 Å². The first-order valence-electron chi connectivity index (χ1n) is 5.60. The Morgan fingerprint density at radius 2 is 1.74 bits per heavy atom. The number of benzene rings is 1. The molecule has 1 aromatic carbocycles. The molecule has 3 rings (SSSR count). The van der Waals surface area contributed by atoms with E-state index in [4.69, 9.17) is 23.2 Å². The van der Waals surface area contributed by atoms with E-state index in [-0.39, 0.29) is 0 Å². The van der Waals surface area contributed by atoms with Gasteiger partial charge in [-0.3, -0.25) is 0 Å². The summed E-state index contributed by atoms with van der Waals surface area (Å²) in [5.74, 6) is 0. The average molecular weight is 310 g/mol. The molecule has 0 aliphatic heterocycles. The van der Waals surface area contributed by atoms with E-state index in [2.05, 4.69) is 22.6 Å². The molecule has 0 aliphatic rings. The lowest BCUT2D eigenvalue weighted by Gasteiger charge is -2.06. The van der Waals surface area contributed by atoms with Gasteiger partial charge < -0.3 is 4.57 Å². The minimum atomic E-state index is 0.428. The van der Waals surface area contributed by atoms with Gasteiger partial charge in [0.2, 0.25) is 0 Å². The molecule has 0 spiro atoms. The fourth-order valence-corrected chi connectivity index (χ4v) is 2.44. The zero-order valence-corrected chi connectivity index (χ0v) is 12.1. The van der Waals surface area contributed by atoms with E-state index in [0.29, 0.717) is 22.5 Å². The summed E-state index contributed by atoms with van der Waals surface area (Å²) in [6.45, 7) is 0.663. The van der Waals surface area contributed by atoms with Crippen LogP contribution in [-0.4, -0.2) is 14.5 Å². The SMILES string of the molecule is Sc1nc2nc(Cl)ccc2n1Cc1ccc(Cl)cc1. The Labute approximate surface area is 125 Å². The largest absolute Gasteiger partial charge is 0.313 e. The van der Waals surface area contributed by atoms with Crippen LogP contribution in [0.3, 0.4) is 0 Å². The predicted molar refractivity (Wildman–Crippen MR) is 80.3 cm³/mol. The average Bonchev–Trinajstić information content (AvgIpc) is 2.68. The van der Waals surface area contributed by atoms with Crippen LogP contribution in [0, 0.1) is 0 Å². The second-order valence-electron chi connectivity index (χ2n) is 4.10. The molecule has 0 bridgehead atoms. The Kier molecular flexibility index (Phi) is 3.39. The maximum Gasteiger partial charge on any atom is 0.180 e. The van der Waals surface area contributed by atoms with Crippen molar-refractivity contribution >= 4 is 47.0 Å². The van der Waals surface area contributed by atoms with Gasteiger partial charge in [-0.2, -0.15) is 0 Å². The third kappa shape index (κ3) is 2.56. The van der Waals surface area contributed by atoms with Crippen molar-refractivity contribution in [3.8, 4) is 0 Å². The summed E-state index contributed by atoms with van der Waals surface area (Å²) in [6.07, 6.45) is 0. The lowest BCUT2D eigenvalue weighted by atomic mass is 10.2. The molecule has 0 fully saturated rings. The van der Waals surface area contributed by atoms with E-state index >= 15 is 0 Å². The molecule has 0 saturated carbocycles. The molecular formula is C13H9Cl2N3S. The highest BCUT2D eigenvalue weighted by Gasteiger charge is 2.10. The van der Waals surface area contributed by atoms with Crippen LogP contribution < -0.4 is 0 Å². The lowest BCUT2D eigenvalue weighted by molar-refractivity contribution is 0.734. The molecule has 0 N–H and O–H groups in total. The standard InChI is InChI=1S/C13H9Cl2N3S/c14-9-3-1-8(2-4-9)7-18-10-5-6-11(15)16-12(10)17-13(18)19/h1-6H,7H2,(H,16,17,19). The van der Waals surface area contributed by atoms with Crippen LogP contribution in [0.15, 0.2) is 41.6 Å². The minimum Gasteiger partial charge on any atom is -0.313 e. The number of halogens is 2. The van der Waals surface area contributed by atoms with Crippen molar-refractivity contribution in [2.45, 2.75) is 11.7 Å². The van der Waals surface area contributed by atoms with Crippen molar-refractivity contribution in [1.82, 2.24) is 14.5 Å². The summed E-state index contributed by atoms with van der Waals surface area (Å²) in [5.41, 5.74) is 2.63. The van der Waals surface area contributed by atoms with E-state index in [1.165, 1.54) is 0 Å². The van der Waals surface area contributed by atoms with E-state index in [0.717, 1.165) is 16.1 Å². The summed E-state index contributed by atoms with van der Waals surface area (Å²) in [6, 6.07) is 11.3. The Bertz CT molecular complexity index is 737. The number of hydrogen-bond donors (Lipinski definition) is 1. The second kappa shape index (κ2) is 5.04. The van der Waals surface area contributed by atoms with Gasteiger partial charge in [0.1, 0.15) is 5.15 Å². The summed E-state index contributed by atoms with van der Waals surface area (Å²) in [7, 11) is 0. The topological polar surface area (TPSA) is 30.7 Å². The monoisotopic (exact) mass is 309 g/mol. The van der Waals surface area contributed by atoms with Crippen LogP contribution in [0.5, 0.6) is 0 Å². The molecule has 0 saturated heterocycles. The highest BCUT2D eigenvalue weighted by Crippen LogP contribution is 2.21. The maximum atomic E-state index is 5.88. The van der Waals surface area contributed by atoms with Crippen LogP contribution in [0.1, 0.15) is 5.56 Å². The van der Waals surface area contributed by atoms with Crippen molar-refractivity contribution in [1.29, 1.82) is 0 Å². The number of fused-ring (bicyclic) bond motifs is 1. The smallest absolute Gasteiger partial charge is 0.180 e. The lowest BCUT2D eigenvalue weighted by Crippen LogP contribution is -2.00. The van der Waals surface area contributed by atoms with E-state index in [1.54, 1.807) is 6.07 Å². The van der Waals surface area contributed by atoms with Gasteiger partial charge in [0.25, 0.3) is 0 Å². The second-order valence-corrected chi connectivity index (χ2v) is 5.32. The molecule has 0 radical (unpaired) electrons. The van der Waals surface area contributed by atoms with Gasteiger partial charge in [-0.05, 0) is 29.8 Å². The number of aromatic nitrogens is 3. The van der Waals surface area contributed by atoms with Crippen LogP contribution in [-0.2, 0) is 6.54 Å². The Balaban J connectivity index is 2.05. The molecule has 0 aliphatic carbocycles. The van der Waals surface area contributed by atoms with Crippen molar-refractivity contribution in [3.05, 3.63) is 52.1 Å². The van der Waals surface area contributed by atoms with Crippen LogP contribution in [0.4, 0.5) is 0 Å². The Morgan fingerprint density at radius 1 is 1.00 bits per heavy atom. The number of thiol groups is 1. The van der Waals surface area contributed by atoms with Gasteiger partial charge in [-0.15, -0.1) is 12.6 Å². The van der Waals surface area contributed by atoms with Crippen molar-refractivity contribution in [3.63, 3.8) is 0 Å². The highest BCUT2D eigenvalue weighted by molar-refractivity contribution is 7.80. The highest BCUT2D eigenvalue weighted by atomic mass is 35.5. The van der Waals surface area contributed by atoms with Gasteiger partial charge in [0.05, 0.1) is 12.1 Å². The van der Waals surface area contributed by atoms with Gasteiger partial charge in [0, 0.05) is 5.02 Å². The molecule has 6 heteroatoms. The van der Waals surface area contributed by atoms with E-state index < -0.39 is 0 Å². The number of rotatable bonds is 2. The molecule has 3 aromatic rings. The van der Waals surface area contributed by atoms with Gasteiger partial charge in [0.15, 0.2) is 10.8 Å². The summed E-state index contributed by atoms with van der Waals surface area (Å²) >= 11 is 16.1. The zero-order valence-electron chi connectivity index (χ0n) is 9.72. The number of imidazole rings is 1. The van der Waals surface area contributed by atoms with Gasteiger partial charge in [-0.25, -0.2) is 9.97 Å². The quantitative estimate of drug-likeness (QED) is 0.571. The first-order valence-corrected chi connectivity index (χ1v) is 6.80. The zero-order chi connectivity index (χ0) is 13.4. The fraction of sp³-hybridized carbons (Fsp3) is 0.0769. The number of hydrogen-bond acceptors (Lipinski definition) is 3. The Morgan fingerprint density at radius 3 is 2.47 bits per heavy atom. The molecule has 2 heterocycles. The Hall–Kier alpha value is -1.23. The molecule has 2 aromatic heterocycles. The molecule has 0 unspecified atom stereocenters. The fourth-order valence-electron chi connectivity index (χ4n) is 1.90. The first-order chi connectivity index (χ1) is 9.13. The van der Waals surface area contributed by atoms with Crippen molar-refractivity contribution in [2.75, 3.05) is 0 Å². The molecule has 0 atom stereocenters. The van der Waals surface area contributed by atoms with Crippen molar-refractivity contribution < 1.29 is 0 Å². The first kappa shape index (κ1) is 12.8. The normalized spacial score (nSPS) is 11.1. The predicted octanol–water partition coefficient (Wildman–Crippen LogP) is 4.08.